The minimum Gasteiger partial charge on any atom is -0.458 e. The predicted molar refractivity (Wildman–Crippen MR) is 69.5 cm³/mol. The van der Waals surface area contributed by atoms with E-state index in [0.29, 0.717) is 0 Å². The predicted octanol–water partition coefficient (Wildman–Crippen LogP) is 4.20. The molecule has 15 heavy (non-hydrogen) atoms. The van der Waals surface area contributed by atoms with Gasteiger partial charge in [0.15, 0.2) is 0 Å². The smallest absolute Gasteiger partial charge is 0.330 e. The Morgan fingerprint density at radius 1 is 1.33 bits per heavy atom. The fourth-order valence-electron chi connectivity index (χ4n) is 0.885. The first-order valence-electron chi connectivity index (χ1n) is 3.98. The first-order valence-corrected chi connectivity index (χ1v) is 6.35. The summed E-state index contributed by atoms with van der Waals surface area (Å²) in [6, 6.07) is 3.75. The Hall–Kier alpha value is -0.130. The highest BCUT2D eigenvalue weighted by molar-refractivity contribution is 9.14. The van der Waals surface area contributed by atoms with E-state index in [1.165, 1.54) is 0 Å². The van der Waals surface area contributed by atoms with Gasteiger partial charge in [0.25, 0.3) is 0 Å². The molecule has 0 bridgehead atoms. The van der Waals surface area contributed by atoms with Crippen LogP contribution in [-0.4, -0.2) is 5.97 Å². The van der Waals surface area contributed by atoms with Crippen LogP contribution in [0, 0.1) is 0 Å². The van der Waals surface area contributed by atoms with Crippen LogP contribution in [0.25, 0.3) is 0 Å². The lowest BCUT2D eigenvalue weighted by molar-refractivity contribution is -0.138. The maximum atomic E-state index is 10.9. The quantitative estimate of drug-likeness (QED) is 0.433. The molecule has 0 radical (unpaired) electrons. The minimum atomic E-state index is -0.430. The van der Waals surface area contributed by atoms with Crippen LogP contribution >= 0.6 is 47.8 Å². The highest BCUT2D eigenvalue weighted by Gasteiger charge is 2.08. The van der Waals surface area contributed by atoms with Gasteiger partial charge in [-0.25, -0.2) is 4.79 Å². The van der Waals surface area contributed by atoms with Crippen molar-refractivity contribution in [3.05, 3.63) is 43.8 Å². The van der Waals surface area contributed by atoms with Gasteiger partial charge in [-0.15, -0.1) is 0 Å². The van der Waals surface area contributed by atoms with Gasteiger partial charge >= 0.3 is 5.97 Å². The van der Waals surface area contributed by atoms with Crippen molar-refractivity contribution in [2.24, 2.45) is 0 Å². The molecule has 0 saturated carbocycles. The van der Waals surface area contributed by atoms with E-state index in [1.807, 2.05) is 12.1 Å². The van der Waals surface area contributed by atoms with Crippen LogP contribution in [0.2, 0.25) is 0 Å². The summed E-state index contributed by atoms with van der Waals surface area (Å²) in [5.41, 5.74) is 0.889. The molecule has 0 aromatic heterocycles. The van der Waals surface area contributed by atoms with Crippen molar-refractivity contribution in [2.75, 3.05) is 0 Å². The molecule has 1 aromatic rings. The second-order valence-corrected chi connectivity index (χ2v) is 5.09. The molecule has 0 aliphatic carbocycles. The largest absolute Gasteiger partial charge is 0.458 e. The molecule has 1 aromatic carbocycles. The number of halogens is 3. The number of carbonyl (C=O) groups is 1. The molecule has 0 saturated heterocycles. The van der Waals surface area contributed by atoms with Crippen LogP contribution in [0.5, 0.6) is 0 Å². The van der Waals surface area contributed by atoms with Crippen LogP contribution in [0.15, 0.2) is 38.2 Å². The van der Waals surface area contributed by atoms with Gasteiger partial charge in [-0.05, 0) is 53.9 Å². The molecule has 0 heterocycles. The number of esters is 1. The van der Waals surface area contributed by atoms with Crippen molar-refractivity contribution < 1.29 is 9.53 Å². The van der Waals surface area contributed by atoms with E-state index < -0.39 is 5.97 Å². The van der Waals surface area contributed by atoms with E-state index >= 15 is 0 Å². The molecular formula is C10H7Br3O2. The van der Waals surface area contributed by atoms with Crippen molar-refractivity contribution >= 4 is 53.8 Å². The molecular weight excluding hydrogens is 392 g/mol. The fraction of sp³-hybridized carbons (Fsp3) is 0.100. The van der Waals surface area contributed by atoms with Crippen molar-refractivity contribution in [3.63, 3.8) is 0 Å². The summed E-state index contributed by atoms with van der Waals surface area (Å²) in [6.45, 7) is 3.54. The summed E-state index contributed by atoms with van der Waals surface area (Å²) in [7, 11) is 0. The SMILES string of the molecule is C=CC(=O)OCc1ccc(Br)c(Br)c1Br. The standard InChI is InChI=1S/C10H7Br3O2/c1-2-8(14)15-5-6-3-4-7(11)10(13)9(6)12/h2-4H,1,5H2. The van der Waals surface area contributed by atoms with Gasteiger partial charge in [0.1, 0.15) is 6.61 Å². The third kappa shape index (κ3) is 3.43. The van der Waals surface area contributed by atoms with Gasteiger partial charge in [-0.2, -0.15) is 0 Å². The number of ether oxygens (including phenoxy) is 1. The van der Waals surface area contributed by atoms with Crippen LogP contribution in [-0.2, 0) is 16.1 Å². The molecule has 0 fully saturated rings. The van der Waals surface area contributed by atoms with Crippen molar-refractivity contribution in [3.8, 4) is 0 Å². The number of rotatable bonds is 3. The zero-order valence-electron chi connectivity index (χ0n) is 7.60. The Labute approximate surface area is 113 Å². The molecule has 0 amide bonds. The highest BCUT2D eigenvalue weighted by Crippen LogP contribution is 2.33. The van der Waals surface area contributed by atoms with Crippen LogP contribution in [0.4, 0.5) is 0 Å². The number of benzene rings is 1. The Balaban J connectivity index is 2.83. The summed E-state index contributed by atoms with van der Waals surface area (Å²) in [6.07, 6.45) is 1.14. The van der Waals surface area contributed by atoms with Gasteiger partial charge in [0, 0.05) is 25.1 Å². The molecule has 0 spiro atoms. The lowest BCUT2D eigenvalue weighted by Gasteiger charge is -2.07. The average molecular weight is 399 g/mol. The molecule has 2 nitrogen and oxygen atoms in total. The summed E-state index contributed by atoms with van der Waals surface area (Å²) >= 11 is 10.2. The van der Waals surface area contributed by atoms with Crippen LogP contribution < -0.4 is 0 Å². The van der Waals surface area contributed by atoms with Gasteiger partial charge in [-0.3, -0.25) is 0 Å². The molecule has 0 aliphatic heterocycles. The Kier molecular flexibility index (Phi) is 5.02. The van der Waals surface area contributed by atoms with Crippen molar-refractivity contribution in [1.29, 1.82) is 0 Å². The third-order valence-corrected chi connectivity index (χ3v) is 5.11. The Morgan fingerprint density at radius 3 is 2.60 bits per heavy atom. The van der Waals surface area contributed by atoms with Gasteiger partial charge in [-0.1, -0.05) is 12.6 Å². The molecule has 0 atom stereocenters. The second kappa shape index (κ2) is 5.82. The molecule has 0 N–H and O–H groups in total. The number of carbonyl (C=O) groups excluding carboxylic acids is 1. The normalized spacial score (nSPS) is 9.80. The van der Waals surface area contributed by atoms with Crippen molar-refractivity contribution in [2.45, 2.75) is 6.61 Å². The number of hydrogen-bond acceptors (Lipinski definition) is 2. The van der Waals surface area contributed by atoms with Gasteiger partial charge in [0.05, 0.1) is 0 Å². The fourth-order valence-corrected chi connectivity index (χ4v) is 2.33. The maximum absolute atomic E-state index is 10.9. The van der Waals surface area contributed by atoms with Crippen molar-refractivity contribution in [1.82, 2.24) is 0 Å². The first-order chi connectivity index (χ1) is 7.06. The van der Waals surface area contributed by atoms with E-state index in [2.05, 4.69) is 54.4 Å². The zero-order valence-corrected chi connectivity index (χ0v) is 12.4. The second-order valence-electron chi connectivity index (χ2n) is 2.65. The van der Waals surface area contributed by atoms with E-state index in [9.17, 15) is 4.79 Å². The molecule has 0 unspecified atom stereocenters. The summed E-state index contributed by atoms with van der Waals surface area (Å²) < 4.78 is 7.63. The number of hydrogen-bond donors (Lipinski definition) is 0. The first kappa shape index (κ1) is 12.9. The lowest BCUT2D eigenvalue weighted by atomic mass is 10.2. The monoisotopic (exact) mass is 396 g/mol. The lowest BCUT2D eigenvalue weighted by Crippen LogP contribution is -2.01. The highest BCUT2D eigenvalue weighted by atomic mass is 79.9. The molecule has 80 valence electrons. The zero-order chi connectivity index (χ0) is 11.4. The topological polar surface area (TPSA) is 26.3 Å². The van der Waals surface area contributed by atoms with Gasteiger partial charge in [0.2, 0.25) is 0 Å². The van der Waals surface area contributed by atoms with E-state index in [1.54, 1.807) is 0 Å². The summed E-state index contributed by atoms with van der Waals surface area (Å²) in [5.74, 6) is -0.430. The Morgan fingerprint density at radius 2 is 2.00 bits per heavy atom. The van der Waals surface area contributed by atoms with E-state index in [4.69, 9.17) is 4.74 Å². The molecule has 5 heteroatoms. The molecule has 0 aliphatic rings. The minimum absolute atomic E-state index is 0.220. The maximum Gasteiger partial charge on any atom is 0.330 e. The van der Waals surface area contributed by atoms with Crippen LogP contribution in [0.1, 0.15) is 5.56 Å². The summed E-state index contributed by atoms with van der Waals surface area (Å²) in [5, 5.41) is 0. The third-order valence-electron chi connectivity index (χ3n) is 1.65. The van der Waals surface area contributed by atoms with Gasteiger partial charge < -0.3 is 4.74 Å². The van der Waals surface area contributed by atoms with E-state index in [0.717, 1.165) is 25.1 Å². The summed E-state index contributed by atoms with van der Waals surface area (Å²) in [4.78, 5) is 10.9. The van der Waals surface area contributed by atoms with Crippen LogP contribution in [0.3, 0.4) is 0 Å². The average Bonchev–Trinajstić information content (AvgIpc) is 2.24. The molecule has 1 rings (SSSR count). The van der Waals surface area contributed by atoms with E-state index in [-0.39, 0.29) is 6.61 Å². The Bertz CT molecular complexity index is 402.